The Morgan fingerprint density at radius 3 is 1.80 bits per heavy atom. The number of rotatable bonds is 14. The molecule has 0 saturated heterocycles. The van der Waals surface area contributed by atoms with Crippen LogP contribution in [0.3, 0.4) is 0 Å². The minimum atomic E-state index is 0.495. The van der Waals surface area contributed by atoms with E-state index in [1.165, 1.54) is 24.1 Å². The van der Waals surface area contributed by atoms with Crippen LogP contribution in [0.1, 0.15) is 62.6 Å². The van der Waals surface area contributed by atoms with Crippen molar-refractivity contribution < 1.29 is 0 Å². The van der Waals surface area contributed by atoms with Crippen molar-refractivity contribution in [2.75, 3.05) is 48.3 Å². The van der Waals surface area contributed by atoms with Crippen LogP contribution in [-0.4, -0.2) is 57.6 Å². The van der Waals surface area contributed by atoms with Crippen LogP contribution in [-0.2, 0) is 0 Å². The first-order valence-corrected chi connectivity index (χ1v) is 17.6. The molecule has 0 aliphatic heterocycles. The average molecular weight is 633 g/mol. The Morgan fingerprint density at radius 2 is 1.23 bits per heavy atom. The normalized spacial score (nSPS) is 15.1. The lowest BCUT2D eigenvalue weighted by molar-refractivity contribution is 0.339. The van der Waals surface area contributed by atoms with Gasteiger partial charge in [-0.25, -0.2) is 19.9 Å². The summed E-state index contributed by atoms with van der Waals surface area (Å²) < 4.78 is 0. The van der Waals surface area contributed by atoms with Crippen LogP contribution >= 0.6 is 23.5 Å². The fourth-order valence-electron chi connectivity index (χ4n) is 4.43. The molecule has 236 valence electrons. The molecule has 2 aromatic heterocycles. The first-order chi connectivity index (χ1) is 21.7. The third kappa shape index (κ3) is 12.8. The van der Waals surface area contributed by atoms with Crippen molar-refractivity contribution in [2.24, 2.45) is 11.5 Å². The second kappa shape index (κ2) is 21.5. The fourth-order valence-corrected chi connectivity index (χ4v) is 5.75. The number of nitrogens with zero attached hydrogens (tertiary/aromatic N) is 4. The van der Waals surface area contributed by atoms with Crippen molar-refractivity contribution in [2.45, 2.75) is 61.4 Å². The molecule has 0 bridgehead atoms. The molecule has 6 N–H and O–H groups in total. The monoisotopic (exact) mass is 632 g/mol. The van der Waals surface area contributed by atoms with Gasteiger partial charge in [-0.3, -0.25) is 0 Å². The zero-order valence-corrected chi connectivity index (χ0v) is 27.7. The van der Waals surface area contributed by atoms with Crippen molar-refractivity contribution in [1.29, 1.82) is 0 Å². The molecule has 0 amide bonds. The molecular weight excluding hydrogens is 585 g/mol. The molecule has 1 saturated carbocycles. The van der Waals surface area contributed by atoms with E-state index < -0.39 is 0 Å². The summed E-state index contributed by atoms with van der Waals surface area (Å²) in [5.41, 5.74) is 13.7. The molecule has 10 heteroatoms. The molecule has 1 fully saturated rings. The van der Waals surface area contributed by atoms with Gasteiger partial charge in [0.1, 0.15) is 10.1 Å². The van der Waals surface area contributed by atoms with E-state index in [0.29, 0.717) is 30.9 Å². The SMILES string of the molecule is CCCNc1nc(SCCN)cc(C2CCC2c2ccccc2)n1.CCCNc1nccc(SCCN)n1.c1ccccc1. The molecule has 5 rings (SSSR count). The van der Waals surface area contributed by atoms with Crippen LogP contribution in [0.2, 0.25) is 0 Å². The number of hydrogen-bond acceptors (Lipinski definition) is 10. The van der Waals surface area contributed by atoms with Crippen molar-refractivity contribution in [3.05, 3.63) is 96.3 Å². The molecule has 2 aromatic carbocycles. The summed E-state index contributed by atoms with van der Waals surface area (Å²) in [6.45, 7) is 7.41. The Hall–Kier alpha value is -3.18. The summed E-state index contributed by atoms with van der Waals surface area (Å²) in [6.07, 6.45) is 6.34. The molecule has 1 aliphatic carbocycles. The number of benzene rings is 2. The second-order valence-electron chi connectivity index (χ2n) is 10.2. The molecule has 44 heavy (non-hydrogen) atoms. The number of anilines is 2. The van der Waals surface area contributed by atoms with Gasteiger partial charge in [0.25, 0.3) is 0 Å². The third-order valence-corrected chi connectivity index (χ3v) is 8.61. The number of aromatic nitrogens is 4. The van der Waals surface area contributed by atoms with Crippen molar-refractivity contribution in [3.63, 3.8) is 0 Å². The smallest absolute Gasteiger partial charge is 0.223 e. The molecule has 0 spiro atoms. The first kappa shape index (κ1) is 35.3. The topological polar surface area (TPSA) is 128 Å². The quantitative estimate of drug-likeness (QED) is 0.0848. The van der Waals surface area contributed by atoms with Gasteiger partial charge in [-0.1, -0.05) is 80.6 Å². The van der Waals surface area contributed by atoms with E-state index in [-0.39, 0.29) is 0 Å². The van der Waals surface area contributed by atoms with E-state index in [1.807, 2.05) is 42.5 Å². The van der Waals surface area contributed by atoms with Gasteiger partial charge in [0.05, 0.1) is 5.69 Å². The van der Waals surface area contributed by atoms with E-state index >= 15 is 0 Å². The average Bonchev–Trinajstić information content (AvgIpc) is 3.06. The Bertz CT molecular complexity index is 1220. The number of nitrogens with one attached hydrogen (secondary N) is 2. The summed E-state index contributed by atoms with van der Waals surface area (Å²) in [6, 6.07) is 26.9. The van der Waals surface area contributed by atoms with Gasteiger partial charge in [-0.05, 0) is 49.3 Å². The molecule has 0 radical (unpaired) electrons. The lowest BCUT2D eigenvalue weighted by Gasteiger charge is -2.37. The lowest BCUT2D eigenvalue weighted by atomic mass is 9.68. The maximum absolute atomic E-state index is 5.65. The van der Waals surface area contributed by atoms with Crippen molar-refractivity contribution in [1.82, 2.24) is 19.9 Å². The van der Waals surface area contributed by atoms with Crippen molar-refractivity contribution in [3.8, 4) is 0 Å². The fraction of sp³-hybridized carbons (Fsp3) is 0.412. The Kier molecular flexibility index (Phi) is 17.3. The Labute approximate surface area is 272 Å². The molecular formula is C34H48N8S2. The lowest BCUT2D eigenvalue weighted by Crippen LogP contribution is -2.23. The van der Waals surface area contributed by atoms with Gasteiger partial charge >= 0.3 is 0 Å². The van der Waals surface area contributed by atoms with Crippen LogP contribution in [0, 0.1) is 0 Å². The second-order valence-corrected chi connectivity index (χ2v) is 12.4. The van der Waals surface area contributed by atoms with E-state index in [9.17, 15) is 0 Å². The van der Waals surface area contributed by atoms with E-state index in [1.54, 1.807) is 29.7 Å². The van der Waals surface area contributed by atoms with Crippen molar-refractivity contribution >= 4 is 35.4 Å². The predicted molar refractivity (Wildman–Crippen MR) is 189 cm³/mol. The molecule has 1 aliphatic rings. The van der Waals surface area contributed by atoms with Gasteiger partial charge in [0.15, 0.2) is 0 Å². The number of thioether (sulfide) groups is 2. The summed E-state index contributed by atoms with van der Waals surface area (Å²) in [5.74, 6) is 4.31. The Morgan fingerprint density at radius 1 is 0.682 bits per heavy atom. The zero-order valence-electron chi connectivity index (χ0n) is 26.1. The highest BCUT2D eigenvalue weighted by atomic mass is 32.2. The first-order valence-electron chi connectivity index (χ1n) is 15.6. The van der Waals surface area contributed by atoms with Gasteiger partial charge in [0.2, 0.25) is 11.9 Å². The van der Waals surface area contributed by atoms with Crippen LogP contribution < -0.4 is 22.1 Å². The van der Waals surface area contributed by atoms with E-state index in [4.69, 9.17) is 16.5 Å². The minimum Gasteiger partial charge on any atom is -0.354 e. The van der Waals surface area contributed by atoms with Crippen LogP contribution in [0.25, 0.3) is 0 Å². The van der Waals surface area contributed by atoms with Crippen LogP contribution in [0.15, 0.2) is 95.1 Å². The summed E-state index contributed by atoms with van der Waals surface area (Å²) in [4.78, 5) is 17.9. The third-order valence-electron chi connectivity index (χ3n) is 6.70. The predicted octanol–water partition coefficient (Wildman–Crippen LogP) is 7.05. The highest BCUT2D eigenvalue weighted by Gasteiger charge is 2.34. The largest absolute Gasteiger partial charge is 0.354 e. The molecule has 2 heterocycles. The Balaban J connectivity index is 0.000000221. The van der Waals surface area contributed by atoms with Gasteiger partial charge in [-0.2, -0.15) is 0 Å². The summed E-state index contributed by atoms with van der Waals surface area (Å²) in [5, 5.41) is 8.49. The maximum atomic E-state index is 5.65. The highest BCUT2D eigenvalue weighted by molar-refractivity contribution is 7.99. The maximum Gasteiger partial charge on any atom is 0.223 e. The summed E-state index contributed by atoms with van der Waals surface area (Å²) in [7, 11) is 0. The van der Waals surface area contributed by atoms with Gasteiger partial charge in [-0.15, -0.1) is 23.5 Å². The van der Waals surface area contributed by atoms with Gasteiger partial charge < -0.3 is 22.1 Å². The van der Waals surface area contributed by atoms with Gasteiger partial charge in [0, 0.05) is 49.8 Å². The minimum absolute atomic E-state index is 0.495. The molecule has 2 atom stereocenters. The van der Waals surface area contributed by atoms with E-state index in [0.717, 1.165) is 53.4 Å². The molecule has 4 aromatic rings. The molecule has 8 nitrogen and oxygen atoms in total. The van der Waals surface area contributed by atoms with Crippen LogP contribution in [0.5, 0.6) is 0 Å². The standard InChI is InChI=1S/C19H26N4S.C9H16N4S.C6H6/c1-2-11-21-19-22-17(13-18(23-19)24-12-10-20)16-9-8-15(16)14-6-4-3-5-7-14;1-2-5-11-9-12-6-3-8(13-9)14-7-4-10;1-2-4-6-5-3-1/h3-7,13,15-16H,2,8-12,20H2,1H3,(H,21,22,23);3,6H,2,4-5,7,10H2,1H3,(H,11,12,13);1-6H. The molecule has 2 unspecified atom stereocenters. The zero-order chi connectivity index (χ0) is 31.2. The summed E-state index contributed by atoms with van der Waals surface area (Å²) >= 11 is 3.37. The van der Waals surface area contributed by atoms with Crippen LogP contribution in [0.4, 0.5) is 11.9 Å². The highest BCUT2D eigenvalue weighted by Crippen LogP contribution is 2.48. The van der Waals surface area contributed by atoms with E-state index in [2.05, 4.69) is 75.8 Å². The number of hydrogen-bond donors (Lipinski definition) is 4. The number of nitrogens with two attached hydrogens (primary N) is 2.